The monoisotopic (exact) mass is 417 g/mol. The molecule has 0 aliphatic rings. The van der Waals surface area contributed by atoms with E-state index in [1.807, 2.05) is 85.3 Å². The Labute approximate surface area is 187 Å². The van der Waals surface area contributed by atoms with Gasteiger partial charge in [-0.2, -0.15) is 5.10 Å². The van der Waals surface area contributed by atoms with Crippen LogP contribution in [-0.4, -0.2) is 15.7 Å². The van der Waals surface area contributed by atoms with E-state index in [0.717, 1.165) is 44.5 Å². The molecule has 0 radical (unpaired) electrons. The zero-order chi connectivity index (χ0) is 22.1. The van der Waals surface area contributed by atoms with Crippen LogP contribution in [0.2, 0.25) is 0 Å². The molecule has 0 aliphatic heterocycles. The van der Waals surface area contributed by atoms with E-state index >= 15 is 0 Å². The number of hydrogen-bond acceptors (Lipinski definition) is 2. The van der Waals surface area contributed by atoms with Gasteiger partial charge in [0, 0.05) is 11.3 Å². The van der Waals surface area contributed by atoms with Gasteiger partial charge in [-0.25, -0.2) is 4.68 Å². The lowest BCUT2D eigenvalue weighted by Crippen LogP contribution is -2.13. The van der Waals surface area contributed by atoms with Crippen molar-refractivity contribution in [3.8, 4) is 16.9 Å². The minimum absolute atomic E-state index is 0.230. The topological polar surface area (TPSA) is 46.9 Å². The Morgan fingerprint density at radius 1 is 0.781 bits per heavy atom. The van der Waals surface area contributed by atoms with Crippen LogP contribution in [0, 0.1) is 13.8 Å². The van der Waals surface area contributed by atoms with Crippen LogP contribution < -0.4 is 5.32 Å². The van der Waals surface area contributed by atoms with Crippen LogP contribution in [0.4, 0.5) is 5.69 Å². The summed E-state index contributed by atoms with van der Waals surface area (Å²) in [5.74, 6) is -0.230. The van der Waals surface area contributed by atoms with Crippen molar-refractivity contribution in [3.63, 3.8) is 0 Å². The summed E-state index contributed by atoms with van der Waals surface area (Å²) in [5, 5.41) is 9.98. The van der Waals surface area contributed by atoms with Gasteiger partial charge in [-0.1, -0.05) is 66.7 Å². The summed E-state index contributed by atoms with van der Waals surface area (Å²) >= 11 is 0. The molecule has 4 aromatic carbocycles. The molecule has 5 rings (SSSR count). The zero-order valence-corrected chi connectivity index (χ0v) is 18.0. The Morgan fingerprint density at radius 2 is 1.47 bits per heavy atom. The predicted molar refractivity (Wildman–Crippen MR) is 130 cm³/mol. The van der Waals surface area contributed by atoms with Gasteiger partial charge in [-0.05, 0) is 66.1 Å². The molecule has 0 aliphatic carbocycles. The van der Waals surface area contributed by atoms with Gasteiger partial charge in [0.05, 0.1) is 11.4 Å². The van der Waals surface area contributed by atoms with E-state index in [9.17, 15) is 4.79 Å². The lowest BCUT2D eigenvalue weighted by atomic mass is 10.0. The van der Waals surface area contributed by atoms with Gasteiger partial charge in [-0.3, -0.25) is 4.79 Å². The van der Waals surface area contributed by atoms with E-state index < -0.39 is 0 Å². The van der Waals surface area contributed by atoms with Gasteiger partial charge in [0.15, 0.2) is 5.69 Å². The van der Waals surface area contributed by atoms with Gasteiger partial charge >= 0.3 is 0 Å². The van der Waals surface area contributed by atoms with E-state index in [2.05, 4.69) is 35.6 Å². The van der Waals surface area contributed by atoms with E-state index in [0.29, 0.717) is 5.69 Å². The first-order chi connectivity index (χ1) is 15.6. The lowest BCUT2D eigenvalue weighted by Gasteiger charge is -2.10. The number of carbonyl (C=O) groups is 1. The summed E-state index contributed by atoms with van der Waals surface area (Å²) in [6.45, 7) is 4.04. The first-order valence-electron chi connectivity index (χ1n) is 10.6. The maximum atomic E-state index is 13.1. The van der Waals surface area contributed by atoms with Gasteiger partial charge < -0.3 is 5.32 Å². The quantitative estimate of drug-likeness (QED) is 0.360. The molecule has 156 valence electrons. The number of para-hydroxylation sites is 1. The van der Waals surface area contributed by atoms with Crippen LogP contribution in [0.25, 0.3) is 27.7 Å². The van der Waals surface area contributed by atoms with Crippen LogP contribution in [-0.2, 0) is 0 Å². The van der Waals surface area contributed by atoms with Crippen molar-refractivity contribution in [2.24, 2.45) is 0 Å². The highest BCUT2D eigenvalue weighted by molar-refractivity contribution is 6.04. The van der Waals surface area contributed by atoms with Crippen molar-refractivity contribution in [1.82, 2.24) is 9.78 Å². The van der Waals surface area contributed by atoms with Gasteiger partial charge in [0.2, 0.25) is 0 Å². The summed E-state index contributed by atoms with van der Waals surface area (Å²) in [6, 6.07) is 32.2. The van der Waals surface area contributed by atoms with Crippen LogP contribution >= 0.6 is 0 Å². The van der Waals surface area contributed by atoms with Crippen LogP contribution in [0.1, 0.15) is 21.6 Å². The summed E-state index contributed by atoms with van der Waals surface area (Å²) < 4.78 is 1.85. The fraction of sp³-hybridized carbons (Fsp3) is 0.0714. The van der Waals surface area contributed by atoms with Crippen molar-refractivity contribution in [3.05, 3.63) is 114 Å². The van der Waals surface area contributed by atoms with E-state index in [-0.39, 0.29) is 5.91 Å². The standard InChI is InChI=1S/C28H23N3O/c1-19-15-20(2)17-22(16-19)29-28(32)26-18-27(31(30-26)23-11-4-3-5-12-23)25-14-8-10-21-9-6-7-13-24(21)25/h3-18H,1-2H3,(H,29,32). The second-order valence-corrected chi connectivity index (χ2v) is 8.02. The SMILES string of the molecule is Cc1cc(C)cc(NC(=O)c2cc(-c3cccc4ccccc34)n(-c3ccccc3)n2)c1. The summed E-state index contributed by atoms with van der Waals surface area (Å²) in [6.07, 6.45) is 0. The molecular formula is C28H23N3O. The minimum atomic E-state index is -0.230. The van der Waals surface area contributed by atoms with Crippen molar-refractivity contribution in [1.29, 1.82) is 0 Å². The number of carbonyl (C=O) groups excluding carboxylic acids is 1. The molecule has 0 bridgehead atoms. The molecule has 0 saturated carbocycles. The minimum Gasteiger partial charge on any atom is -0.321 e. The number of rotatable bonds is 4. The zero-order valence-electron chi connectivity index (χ0n) is 18.0. The van der Waals surface area contributed by atoms with E-state index in [1.54, 1.807) is 0 Å². The summed E-state index contributed by atoms with van der Waals surface area (Å²) in [7, 11) is 0. The molecule has 1 aromatic heterocycles. The number of hydrogen-bond donors (Lipinski definition) is 1. The molecule has 0 fully saturated rings. The number of aryl methyl sites for hydroxylation is 2. The highest BCUT2D eigenvalue weighted by Crippen LogP contribution is 2.31. The molecule has 32 heavy (non-hydrogen) atoms. The fourth-order valence-electron chi connectivity index (χ4n) is 4.14. The smallest absolute Gasteiger partial charge is 0.276 e. The number of nitrogens with one attached hydrogen (secondary N) is 1. The second-order valence-electron chi connectivity index (χ2n) is 8.02. The van der Waals surface area contributed by atoms with E-state index in [1.165, 1.54) is 0 Å². The summed E-state index contributed by atoms with van der Waals surface area (Å²) in [4.78, 5) is 13.1. The molecule has 5 aromatic rings. The molecule has 0 unspecified atom stereocenters. The number of aromatic nitrogens is 2. The Bertz CT molecular complexity index is 1410. The molecular weight excluding hydrogens is 394 g/mol. The Morgan fingerprint density at radius 3 is 2.25 bits per heavy atom. The second kappa shape index (κ2) is 8.16. The van der Waals surface area contributed by atoms with Gasteiger partial charge in [0.1, 0.15) is 0 Å². The average Bonchev–Trinajstić information content (AvgIpc) is 3.24. The maximum absolute atomic E-state index is 13.1. The van der Waals surface area contributed by atoms with Crippen LogP contribution in [0.15, 0.2) is 97.1 Å². The predicted octanol–water partition coefficient (Wildman–Crippen LogP) is 6.56. The maximum Gasteiger partial charge on any atom is 0.276 e. The molecule has 0 atom stereocenters. The highest BCUT2D eigenvalue weighted by atomic mass is 16.1. The number of anilines is 1. The molecule has 1 amide bonds. The third kappa shape index (κ3) is 3.79. The Balaban J connectivity index is 1.63. The summed E-state index contributed by atoms with van der Waals surface area (Å²) in [5.41, 5.74) is 6.16. The molecule has 4 heteroatoms. The normalized spacial score (nSPS) is 10.9. The van der Waals surface area contributed by atoms with Crippen LogP contribution in [0.3, 0.4) is 0 Å². The fourth-order valence-corrected chi connectivity index (χ4v) is 4.14. The molecule has 4 nitrogen and oxygen atoms in total. The Hall–Kier alpha value is -4.18. The first-order valence-corrected chi connectivity index (χ1v) is 10.6. The van der Waals surface area contributed by atoms with Crippen molar-refractivity contribution in [2.75, 3.05) is 5.32 Å². The highest BCUT2D eigenvalue weighted by Gasteiger charge is 2.18. The Kier molecular flexibility index (Phi) is 5.04. The first kappa shape index (κ1) is 19.8. The number of amides is 1. The van der Waals surface area contributed by atoms with Crippen molar-refractivity contribution in [2.45, 2.75) is 13.8 Å². The number of nitrogens with zero attached hydrogens (tertiary/aromatic N) is 2. The molecule has 0 saturated heterocycles. The van der Waals surface area contributed by atoms with Gasteiger partial charge in [0.25, 0.3) is 5.91 Å². The molecule has 1 heterocycles. The van der Waals surface area contributed by atoms with Crippen LogP contribution in [0.5, 0.6) is 0 Å². The van der Waals surface area contributed by atoms with Gasteiger partial charge in [-0.15, -0.1) is 0 Å². The van der Waals surface area contributed by atoms with E-state index in [4.69, 9.17) is 5.10 Å². The number of benzene rings is 4. The average molecular weight is 418 g/mol. The third-order valence-electron chi connectivity index (χ3n) is 5.49. The molecule has 1 N–H and O–H groups in total. The van der Waals surface area contributed by atoms with Crippen molar-refractivity contribution < 1.29 is 4.79 Å². The number of fused-ring (bicyclic) bond motifs is 1. The largest absolute Gasteiger partial charge is 0.321 e. The third-order valence-corrected chi connectivity index (χ3v) is 5.49. The lowest BCUT2D eigenvalue weighted by molar-refractivity contribution is 0.102. The molecule has 0 spiro atoms. The van der Waals surface area contributed by atoms with Crippen molar-refractivity contribution >= 4 is 22.4 Å².